The lowest BCUT2D eigenvalue weighted by molar-refractivity contribution is -0.474. The molecule has 0 aliphatic heterocycles. The molecule has 0 saturated carbocycles. The Hall–Kier alpha value is -0.650. The maximum Gasteiger partial charge on any atom is 0.217 e. The highest BCUT2D eigenvalue weighted by atomic mass is 32.2. The van der Waals surface area contributed by atoms with Crippen LogP contribution in [0.3, 0.4) is 0 Å². The third-order valence-electron chi connectivity index (χ3n) is 0.645. The second kappa shape index (κ2) is 2.77. The van der Waals surface area contributed by atoms with Crippen LogP contribution in [-0.4, -0.2) is 31.9 Å². The first-order valence-electron chi connectivity index (χ1n) is 2.21. The van der Waals surface area contributed by atoms with Crippen molar-refractivity contribution in [3.8, 4) is 0 Å². The lowest BCUT2D eigenvalue weighted by Crippen LogP contribution is -2.13. The van der Waals surface area contributed by atoms with Gasteiger partial charge in [0.05, 0.1) is 0 Å². The van der Waals surface area contributed by atoms with E-state index in [0.717, 1.165) is 6.26 Å². The lowest BCUT2D eigenvalue weighted by Gasteiger charge is -1.89. The van der Waals surface area contributed by atoms with Gasteiger partial charge in [-0.3, -0.25) is 10.1 Å². The van der Waals surface area contributed by atoms with Crippen molar-refractivity contribution >= 4 is 9.84 Å². The Morgan fingerprint density at radius 1 is 1.56 bits per heavy atom. The monoisotopic (exact) mass is 153 g/mol. The minimum Gasteiger partial charge on any atom is -0.265 e. The number of nitrogens with zero attached hydrogens (tertiary/aromatic N) is 1. The summed E-state index contributed by atoms with van der Waals surface area (Å²) in [4.78, 5) is 8.94. The Morgan fingerprint density at radius 2 is 2.00 bits per heavy atom. The van der Waals surface area contributed by atoms with Gasteiger partial charge in [-0.2, -0.15) is 0 Å². The molecule has 54 valence electrons. The fourth-order valence-corrected chi connectivity index (χ4v) is 0.721. The van der Waals surface area contributed by atoms with Gasteiger partial charge >= 0.3 is 0 Å². The number of nitro groups is 1. The smallest absolute Gasteiger partial charge is 0.217 e. The summed E-state index contributed by atoms with van der Waals surface area (Å²) in [7, 11) is -3.16. The third-order valence-corrected chi connectivity index (χ3v) is 1.57. The van der Waals surface area contributed by atoms with Crippen LogP contribution in [0, 0.1) is 10.1 Å². The molecule has 0 rings (SSSR count). The molecule has 0 unspecified atom stereocenters. The van der Waals surface area contributed by atoms with E-state index < -0.39 is 21.3 Å². The summed E-state index contributed by atoms with van der Waals surface area (Å²) in [5.41, 5.74) is 0. The molecular formula is C3H7NO4S. The van der Waals surface area contributed by atoms with Gasteiger partial charge in [0, 0.05) is 11.2 Å². The predicted octanol–water partition coefficient (Wildman–Crippen LogP) is -0.692. The number of hydrogen-bond acceptors (Lipinski definition) is 4. The van der Waals surface area contributed by atoms with Crippen LogP contribution in [0.5, 0.6) is 0 Å². The highest BCUT2D eigenvalue weighted by molar-refractivity contribution is 7.90. The summed E-state index contributed by atoms with van der Waals surface area (Å²) < 4.78 is 20.5. The van der Waals surface area contributed by atoms with Crippen LogP contribution >= 0.6 is 0 Å². The molecule has 0 fully saturated rings. The van der Waals surface area contributed by atoms with E-state index in [-0.39, 0.29) is 5.75 Å². The summed E-state index contributed by atoms with van der Waals surface area (Å²) in [6, 6.07) is 0. The van der Waals surface area contributed by atoms with Crippen LogP contribution in [0.25, 0.3) is 0 Å². The van der Waals surface area contributed by atoms with Crippen LogP contribution in [0.1, 0.15) is 0 Å². The number of hydrogen-bond donors (Lipinski definition) is 0. The quantitative estimate of drug-likeness (QED) is 0.397. The van der Waals surface area contributed by atoms with Gasteiger partial charge in [-0.15, -0.1) is 0 Å². The van der Waals surface area contributed by atoms with E-state index in [1.54, 1.807) is 0 Å². The molecule has 0 saturated heterocycles. The van der Waals surface area contributed by atoms with E-state index in [1.807, 2.05) is 0 Å². The molecule has 0 amide bonds. The predicted molar refractivity (Wildman–Crippen MR) is 31.6 cm³/mol. The number of rotatable bonds is 3. The first-order chi connectivity index (χ1) is 3.92. The summed E-state index contributed by atoms with van der Waals surface area (Å²) in [5.74, 6) is -0.375. The van der Waals surface area contributed by atoms with Crippen LogP contribution in [0.4, 0.5) is 0 Å². The normalized spacial score (nSPS) is 11.2. The Kier molecular flexibility index (Phi) is 2.57. The molecule has 0 aromatic rings. The van der Waals surface area contributed by atoms with Gasteiger partial charge in [0.25, 0.3) is 0 Å². The average Bonchev–Trinajstić information content (AvgIpc) is 1.59. The Bertz CT molecular complexity index is 194. The topological polar surface area (TPSA) is 77.3 Å². The van der Waals surface area contributed by atoms with Crippen molar-refractivity contribution in [2.45, 2.75) is 0 Å². The third kappa shape index (κ3) is 7.35. The van der Waals surface area contributed by atoms with Crippen molar-refractivity contribution in [3.63, 3.8) is 0 Å². The first-order valence-corrected chi connectivity index (χ1v) is 4.27. The van der Waals surface area contributed by atoms with E-state index in [1.165, 1.54) is 0 Å². The van der Waals surface area contributed by atoms with Gasteiger partial charge in [0.2, 0.25) is 6.54 Å². The molecule has 0 radical (unpaired) electrons. The van der Waals surface area contributed by atoms with Gasteiger partial charge in [0.15, 0.2) is 9.84 Å². The summed E-state index contributed by atoms with van der Waals surface area (Å²) in [6.07, 6.45) is 0.969. The summed E-state index contributed by atoms with van der Waals surface area (Å²) in [5, 5.41) is 9.59. The molecule has 5 nitrogen and oxygen atoms in total. The Labute approximate surface area is 52.7 Å². The van der Waals surface area contributed by atoms with Crippen LogP contribution in [-0.2, 0) is 9.84 Å². The highest BCUT2D eigenvalue weighted by Crippen LogP contribution is 1.81. The summed E-state index contributed by atoms with van der Waals surface area (Å²) >= 11 is 0. The van der Waals surface area contributed by atoms with E-state index in [0.29, 0.717) is 0 Å². The van der Waals surface area contributed by atoms with Crippen LogP contribution in [0.2, 0.25) is 0 Å². The van der Waals surface area contributed by atoms with Crippen molar-refractivity contribution < 1.29 is 13.3 Å². The van der Waals surface area contributed by atoms with E-state index in [2.05, 4.69) is 0 Å². The molecule has 0 aliphatic carbocycles. The molecule has 0 N–H and O–H groups in total. The molecular weight excluding hydrogens is 146 g/mol. The minimum absolute atomic E-state index is 0.375. The molecule has 0 atom stereocenters. The maximum absolute atomic E-state index is 10.2. The lowest BCUT2D eigenvalue weighted by atomic mass is 10.8. The van der Waals surface area contributed by atoms with Gasteiger partial charge in [-0.05, 0) is 0 Å². The standard InChI is InChI=1S/C3H7NO4S/c1-9(7,8)3-2-4(5)6/h2-3H2,1H3. The number of sulfone groups is 1. The van der Waals surface area contributed by atoms with Crippen molar-refractivity contribution in [1.29, 1.82) is 0 Å². The van der Waals surface area contributed by atoms with Gasteiger partial charge in [-0.1, -0.05) is 0 Å². The Morgan fingerprint density at radius 3 is 2.11 bits per heavy atom. The van der Waals surface area contributed by atoms with Crippen molar-refractivity contribution in [1.82, 2.24) is 0 Å². The second-order valence-corrected chi connectivity index (χ2v) is 3.95. The Balaban J connectivity index is 3.67. The SMILES string of the molecule is CS(=O)(=O)CC[N+](=O)[O-]. The molecule has 0 spiro atoms. The fraction of sp³-hybridized carbons (Fsp3) is 1.00. The maximum atomic E-state index is 10.2. The van der Waals surface area contributed by atoms with E-state index >= 15 is 0 Å². The zero-order chi connectivity index (χ0) is 7.49. The van der Waals surface area contributed by atoms with Crippen LogP contribution in [0.15, 0.2) is 0 Å². The van der Waals surface area contributed by atoms with Crippen molar-refractivity contribution in [2.24, 2.45) is 0 Å². The molecule has 0 aromatic heterocycles. The molecule has 6 heteroatoms. The molecule has 0 heterocycles. The molecule has 0 aromatic carbocycles. The molecule has 0 bridgehead atoms. The van der Waals surface area contributed by atoms with Gasteiger partial charge in [0.1, 0.15) is 5.75 Å². The molecule has 9 heavy (non-hydrogen) atoms. The molecule has 0 aliphatic rings. The minimum atomic E-state index is -3.16. The highest BCUT2D eigenvalue weighted by Gasteiger charge is 2.06. The van der Waals surface area contributed by atoms with Crippen LogP contribution < -0.4 is 0 Å². The fourth-order valence-electron chi connectivity index (χ4n) is 0.240. The van der Waals surface area contributed by atoms with E-state index in [9.17, 15) is 18.5 Å². The van der Waals surface area contributed by atoms with Gasteiger partial charge in [-0.25, -0.2) is 8.42 Å². The first kappa shape index (κ1) is 8.35. The zero-order valence-corrected chi connectivity index (χ0v) is 5.72. The average molecular weight is 153 g/mol. The van der Waals surface area contributed by atoms with Crippen molar-refractivity contribution in [3.05, 3.63) is 10.1 Å². The second-order valence-electron chi connectivity index (χ2n) is 1.69. The van der Waals surface area contributed by atoms with E-state index in [4.69, 9.17) is 0 Å². The van der Waals surface area contributed by atoms with Gasteiger partial charge < -0.3 is 0 Å². The largest absolute Gasteiger partial charge is 0.265 e. The zero-order valence-electron chi connectivity index (χ0n) is 4.90. The summed E-state index contributed by atoms with van der Waals surface area (Å²) in [6.45, 7) is -0.501. The van der Waals surface area contributed by atoms with Crippen molar-refractivity contribution in [2.75, 3.05) is 18.6 Å².